The van der Waals surface area contributed by atoms with Crippen molar-refractivity contribution in [1.29, 1.82) is 0 Å². The number of rotatable bonds is 9. The quantitative estimate of drug-likeness (QED) is 0.227. The molecular weight excluding hydrogens is 478 g/mol. The molecule has 0 saturated heterocycles. The number of ether oxygens (including phenoxy) is 2. The van der Waals surface area contributed by atoms with E-state index in [4.69, 9.17) is 13.9 Å². The maximum Gasteiger partial charge on any atom is 0.295 e. The molecule has 0 radical (unpaired) electrons. The number of carbonyl (C=O) groups excluding carboxylic acids is 1. The van der Waals surface area contributed by atoms with Gasteiger partial charge in [-0.3, -0.25) is 14.5 Å². The molecule has 1 aliphatic rings. The molecule has 6 nitrogen and oxygen atoms in total. The summed E-state index contributed by atoms with van der Waals surface area (Å²) in [7, 11) is 0. The van der Waals surface area contributed by atoms with E-state index in [0.29, 0.717) is 46.9 Å². The molecular formula is C32H33NO5. The van der Waals surface area contributed by atoms with E-state index in [2.05, 4.69) is 13.8 Å². The maximum atomic E-state index is 13.9. The predicted molar refractivity (Wildman–Crippen MR) is 150 cm³/mol. The predicted octanol–water partition coefficient (Wildman–Crippen LogP) is 6.99. The Labute approximate surface area is 222 Å². The highest BCUT2D eigenvalue weighted by Gasteiger charge is 2.44. The van der Waals surface area contributed by atoms with Crippen LogP contribution in [-0.2, 0) is 6.42 Å². The Hall–Kier alpha value is -4.06. The van der Waals surface area contributed by atoms with Crippen LogP contribution in [0.2, 0.25) is 0 Å². The van der Waals surface area contributed by atoms with Gasteiger partial charge in [-0.25, -0.2) is 0 Å². The number of hydrogen-bond donors (Lipinski definition) is 0. The fourth-order valence-corrected chi connectivity index (χ4v) is 4.97. The molecule has 1 aliphatic heterocycles. The molecule has 196 valence electrons. The van der Waals surface area contributed by atoms with Crippen molar-refractivity contribution in [1.82, 2.24) is 0 Å². The van der Waals surface area contributed by atoms with Gasteiger partial charge in [-0.2, -0.15) is 0 Å². The first-order valence-corrected chi connectivity index (χ1v) is 13.4. The summed E-state index contributed by atoms with van der Waals surface area (Å²) in [5.74, 6) is 0.977. The molecule has 2 heterocycles. The second-order valence-corrected chi connectivity index (χ2v) is 9.61. The van der Waals surface area contributed by atoms with E-state index in [1.807, 2.05) is 68.4 Å². The number of aryl methyl sites for hydroxylation is 2. The average Bonchev–Trinajstić information content (AvgIpc) is 3.22. The van der Waals surface area contributed by atoms with Gasteiger partial charge in [0, 0.05) is 5.69 Å². The molecule has 1 atom stereocenters. The zero-order valence-corrected chi connectivity index (χ0v) is 22.4. The molecule has 1 aromatic heterocycles. The number of amides is 1. The molecule has 0 N–H and O–H groups in total. The monoisotopic (exact) mass is 511 g/mol. The van der Waals surface area contributed by atoms with Crippen molar-refractivity contribution in [3.63, 3.8) is 0 Å². The lowest BCUT2D eigenvalue weighted by Crippen LogP contribution is -2.29. The maximum absolute atomic E-state index is 13.9. The van der Waals surface area contributed by atoms with Gasteiger partial charge in [0.15, 0.2) is 16.9 Å². The molecule has 0 saturated carbocycles. The first-order valence-electron chi connectivity index (χ1n) is 13.4. The molecule has 0 aliphatic carbocycles. The van der Waals surface area contributed by atoms with E-state index in [0.717, 1.165) is 36.0 Å². The second-order valence-electron chi connectivity index (χ2n) is 9.61. The molecule has 1 unspecified atom stereocenters. The van der Waals surface area contributed by atoms with Crippen LogP contribution in [0.4, 0.5) is 5.69 Å². The van der Waals surface area contributed by atoms with Crippen molar-refractivity contribution >= 4 is 22.6 Å². The SMILES string of the molecule is CCCCOc1ccc(C2c3c(oc4ccc(C)cc4c3=O)C(=O)N2c2ccc(CC)cc2)cc1OCC. The van der Waals surface area contributed by atoms with Gasteiger partial charge in [0.1, 0.15) is 5.58 Å². The number of anilines is 1. The van der Waals surface area contributed by atoms with Crippen molar-refractivity contribution in [3.8, 4) is 11.5 Å². The summed E-state index contributed by atoms with van der Waals surface area (Å²) in [6.07, 6.45) is 2.85. The van der Waals surface area contributed by atoms with Crippen molar-refractivity contribution in [3.05, 3.63) is 98.9 Å². The van der Waals surface area contributed by atoms with Crippen molar-refractivity contribution in [2.24, 2.45) is 0 Å². The number of unbranched alkanes of at least 4 members (excludes halogenated alkanes) is 1. The van der Waals surface area contributed by atoms with Gasteiger partial charge in [0.05, 0.1) is 30.2 Å². The number of carbonyl (C=O) groups is 1. The van der Waals surface area contributed by atoms with Gasteiger partial charge in [-0.05, 0) is 74.2 Å². The van der Waals surface area contributed by atoms with Crippen LogP contribution in [0.15, 0.2) is 69.9 Å². The Bertz CT molecular complexity index is 1540. The van der Waals surface area contributed by atoms with Crippen LogP contribution in [-0.4, -0.2) is 19.1 Å². The lowest BCUT2D eigenvalue weighted by atomic mass is 9.97. The third kappa shape index (κ3) is 4.55. The lowest BCUT2D eigenvalue weighted by molar-refractivity contribution is 0.0971. The van der Waals surface area contributed by atoms with E-state index in [-0.39, 0.29) is 17.1 Å². The highest BCUT2D eigenvalue weighted by atomic mass is 16.5. The average molecular weight is 512 g/mol. The van der Waals surface area contributed by atoms with Gasteiger partial charge in [0.25, 0.3) is 5.91 Å². The minimum Gasteiger partial charge on any atom is -0.490 e. The van der Waals surface area contributed by atoms with E-state index in [1.54, 1.807) is 11.0 Å². The van der Waals surface area contributed by atoms with Gasteiger partial charge < -0.3 is 13.9 Å². The highest BCUT2D eigenvalue weighted by Crippen LogP contribution is 2.43. The van der Waals surface area contributed by atoms with Crippen molar-refractivity contribution in [2.45, 2.75) is 53.0 Å². The van der Waals surface area contributed by atoms with Crippen LogP contribution < -0.4 is 19.8 Å². The molecule has 0 fully saturated rings. The fourth-order valence-electron chi connectivity index (χ4n) is 4.97. The second kappa shape index (κ2) is 10.7. The summed E-state index contributed by atoms with van der Waals surface area (Å²) in [4.78, 5) is 29.5. The van der Waals surface area contributed by atoms with Crippen LogP contribution >= 0.6 is 0 Å². The normalized spacial score (nSPS) is 14.7. The molecule has 5 rings (SSSR count). The van der Waals surface area contributed by atoms with Gasteiger partial charge in [-0.15, -0.1) is 0 Å². The Morgan fingerprint density at radius 3 is 2.39 bits per heavy atom. The Kier molecular flexibility index (Phi) is 7.23. The minimum absolute atomic E-state index is 0.0807. The molecule has 38 heavy (non-hydrogen) atoms. The Morgan fingerprint density at radius 2 is 1.68 bits per heavy atom. The largest absolute Gasteiger partial charge is 0.490 e. The van der Waals surface area contributed by atoms with Crippen LogP contribution in [0.5, 0.6) is 11.5 Å². The summed E-state index contributed by atoms with van der Waals surface area (Å²) < 4.78 is 18.0. The Balaban J connectivity index is 1.71. The zero-order valence-electron chi connectivity index (χ0n) is 22.4. The molecule has 3 aromatic carbocycles. The number of fused-ring (bicyclic) bond motifs is 2. The third-order valence-corrected chi connectivity index (χ3v) is 6.99. The highest BCUT2D eigenvalue weighted by molar-refractivity contribution is 6.10. The van der Waals surface area contributed by atoms with Crippen LogP contribution in [0, 0.1) is 6.92 Å². The van der Waals surface area contributed by atoms with Gasteiger partial charge in [0.2, 0.25) is 5.76 Å². The smallest absolute Gasteiger partial charge is 0.295 e. The number of benzene rings is 3. The number of nitrogens with zero attached hydrogens (tertiary/aromatic N) is 1. The van der Waals surface area contributed by atoms with Gasteiger partial charge >= 0.3 is 0 Å². The van der Waals surface area contributed by atoms with E-state index in [9.17, 15) is 9.59 Å². The van der Waals surface area contributed by atoms with Gasteiger partial charge in [-0.1, -0.05) is 50.1 Å². The third-order valence-electron chi connectivity index (χ3n) is 6.99. The standard InChI is InChI=1S/C32H33NO5/c1-5-8-17-37-26-16-12-22(19-27(26)36-7-3)29-28-30(34)24-18-20(4)9-15-25(24)38-31(28)32(35)33(29)23-13-10-21(6-2)11-14-23/h9-16,18-19,29H,5-8,17H2,1-4H3. The first kappa shape index (κ1) is 25.6. The topological polar surface area (TPSA) is 69.0 Å². The van der Waals surface area contributed by atoms with Crippen LogP contribution in [0.1, 0.15) is 72.5 Å². The molecule has 6 heteroatoms. The first-order chi connectivity index (χ1) is 18.5. The van der Waals surface area contributed by atoms with Crippen molar-refractivity contribution in [2.75, 3.05) is 18.1 Å². The summed E-state index contributed by atoms with van der Waals surface area (Å²) in [5.41, 5.74) is 4.12. The fraction of sp³-hybridized carbons (Fsp3) is 0.312. The molecule has 0 spiro atoms. The summed E-state index contributed by atoms with van der Waals surface area (Å²) in [6.45, 7) is 9.10. The van der Waals surface area contributed by atoms with Crippen molar-refractivity contribution < 1.29 is 18.7 Å². The minimum atomic E-state index is -0.671. The summed E-state index contributed by atoms with van der Waals surface area (Å²) in [5, 5.41) is 0.467. The molecule has 4 aromatic rings. The number of hydrogen-bond acceptors (Lipinski definition) is 5. The van der Waals surface area contributed by atoms with E-state index in [1.165, 1.54) is 0 Å². The summed E-state index contributed by atoms with van der Waals surface area (Å²) in [6, 6.07) is 18.3. The Morgan fingerprint density at radius 1 is 0.895 bits per heavy atom. The molecule has 1 amide bonds. The lowest BCUT2D eigenvalue weighted by Gasteiger charge is -2.26. The van der Waals surface area contributed by atoms with Crippen LogP contribution in [0.3, 0.4) is 0 Å². The summed E-state index contributed by atoms with van der Waals surface area (Å²) >= 11 is 0. The van der Waals surface area contributed by atoms with Crippen LogP contribution in [0.25, 0.3) is 11.0 Å². The van der Waals surface area contributed by atoms with E-state index >= 15 is 0 Å². The zero-order chi connectivity index (χ0) is 26.8. The van der Waals surface area contributed by atoms with E-state index < -0.39 is 6.04 Å². The molecule has 0 bridgehead atoms.